The molecule has 1 aromatic heterocycles. The molecule has 10 heteroatoms. The van der Waals surface area contributed by atoms with Crippen LogP contribution in [0.1, 0.15) is 35.2 Å². The van der Waals surface area contributed by atoms with E-state index in [2.05, 4.69) is 25.9 Å². The van der Waals surface area contributed by atoms with Gasteiger partial charge in [-0.25, -0.2) is 14.4 Å². The minimum absolute atomic E-state index is 0.0767. The van der Waals surface area contributed by atoms with E-state index in [1.807, 2.05) is 0 Å². The van der Waals surface area contributed by atoms with E-state index in [4.69, 9.17) is 4.74 Å². The SMILES string of the molecule is O=C(c1cccc(F)c1Br)N1[C@@H]2CC[C@H]1[C@H](Oc1ncc(C(F)(F)F)cn1)C2. The molecule has 0 unspecified atom stereocenters. The number of ether oxygens (including phenoxy) is 1. The fourth-order valence-corrected chi connectivity index (χ4v) is 4.28. The molecule has 2 bridgehead atoms. The molecule has 1 aromatic carbocycles. The Kier molecular flexibility index (Phi) is 4.76. The summed E-state index contributed by atoms with van der Waals surface area (Å²) in [7, 11) is 0. The Hall–Kier alpha value is -2.23. The summed E-state index contributed by atoms with van der Waals surface area (Å²) in [5.41, 5.74) is -0.733. The average molecular weight is 460 g/mol. The van der Waals surface area contributed by atoms with Crippen LogP contribution in [-0.2, 0) is 6.18 Å². The maximum atomic E-state index is 13.8. The summed E-state index contributed by atoms with van der Waals surface area (Å²) in [5, 5.41) is 0. The van der Waals surface area contributed by atoms with Crippen LogP contribution in [0.2, 0.25) is 0 Å². The molecule has 28 heavy (non-hydrogen) atoms. The summed E-state index contributed by atoms with van der Waals surface area (Å²) in [6.07, 6.45) is -1.61. The highest BCUT2D eigenvalue weighted by Crippen LogP contribution is 2.41. The van der Waals surface area contributed by atoms with Crippen molar-refractivity contribution >= 4 is 21.8 Å². The zero-order valence-electron chi connectivity index (χ0n) is 14.3. The highest BCUT2D eigenvalue weighted by Gasteiger charge is 2.50. The van der Waals surface area contributed by atoms with E-state index in [1.54, 1.807) is 11.0 Å². The van der Waals surface area contributed by atoms with Gasteiger partial charge in [0.1, 0.15) is 11.9 Å². The maximum absolute atomic E-state index is 13.8. The number of rotatable bonds is 3. The third-order valence-electron chi connectivity index (χ3n) is 5.11. The Labute approximate surface area is 165 Å². The lowest BCUT2D eigenvalue weighted by atomic mass is 9.98. The van der Waals surface area contributed by atoms with Gasteiger partial charge in [-0.2, -0.15) is 13.2 Å². The molecule has 3 atom stereocenters. The van der Waals surface area contributed by atoms with Crippen LogP contribution < -0.4 is 4.74 Å². The van der Waals surface area contributed by atoms with E-state index in [1.165, 1.54) is 12.1 Å². The minimum Gasteiger partial charge on any atom is -0.458 e. The van der Waals surface area contributed by atoms with E-state index >= 15 is 0 Å². The van der Waals surface area contributed by atoms with Gasteiger partial charge in [-0.1, -0.05) is 6.07 Å². The van der Waals surface area contributed by atoms with Crippen LogP contribution in [0.25, 0.3) is 0 Å². The number of nitrogens with zero attached hydrogens (tertiary/aromatic N) is 3. The first-order valence-electron chi connectivity index (χ1n) is 8.58. The Morgan fingerprint density at radius 2 is 1.93 bits per heavy atom. The van der Waals surface area contributed by atoms with Gasteiger partial charge in [0, 0.05) is 24.9 Å². The van der Waals surface area contributed by atoms with E-state index in [9.17, 15) is 22.4 Å². The van der Waals surface area contributed by atoms with E-state index in [0.717, 1.165) is 6.42 Å². The molecule has 2 aliphatic rings. The fraction of sp³-hybridized carbons (Fsp3) is 0.389. The standard InChI is InChI=1S/C18H14BrF4N3O2/c19-15-11(2-1-3-12(15)20)16(27)26-10-4-5-13(26)14(6-10)28-17-24-7-9(8-25-17)18(21,22)23/h1-3,7-8,10,13-14H,4-6H2/t10-,13+,14-/m1/s1. The minimum atomic E-state index is -4.52. The van der Waals surface area contributed by atoms with Crippen molar-refractivity contribution in [3.8, 4) is 6.01 Å². The Morgan fingerprint density at radius 1 is 1.21 bits per heavy atom. The number of alkyl halides is 3. The molecule has 2 fully saturated rings. The van der Waals surface area contributed by atoms with Crippen molar-refractivity contribution in [3.05, 3.63) is 52.0 Å². The number of aromatic nitrogens is 2. The monoisotopic (exact) mass is 459 g/mol. The molecule has 0 radical (unpaired) electrons. The first kappa shape index (κ1) is 19.1. The number of fused-ring (bicyclic) bond motifs is 2. The molecular formula is C18H14BrF4N3O2. The van der Waals surface area contributed by atoms with E-state index in [0.29, 0.717) is 25.2 Å². The van der Waals surface area contributed by atoms with Crippen molar-refractivity contribution in [3.63, 3.8) is 0 Å². The van der Waals surface area contributed by atoms with Crippen LogP contribution in [-0.4, -0.2) is 39.0 Å². The molecule has 0 N–H and O–H groups in total. The zero-order chi connectivity index (χ0) is 20.1. The molecule has 0 spiro atoms. The lowest BCUT2D eigenvalue weighted by Gasteiger charge is -2.24. The second-order valence-electron chi connectivity index (χ2n) is 6.76. The number of amides is 1. The van der Waals surface area contributed by atoms with Crippen LogP contribution in [0.15, 0.2) is 35.1 Å². The van der Waals surface area contributed by atoms with Crippen LogP contribution in [0, 0.1) is 5.82 Å². The number of benzene rings is 1. The third kappa shape index (κ3) is 3.34. The number of carbonyl (C=O) groups is 1. The molecular weight excluding hydrogens is 446 g/mol. The van der Waals surface area contributed by atoms with Crippen molar-refractivity contribution in [2.45, 2.75) is 43.6 Å². The van der Waals surface area contributed by atoms with Crippen molar-refractivity contribution in [2.75, 3.05) is 0 Å². The van der Waals surface area contributed by atoms with Gasteiger partial charge in [-0.3, -0.25) is 4.79 Å². The maximum Gasteiger partial charge on any atom is 0.419 e. The van der Waals surface area contributed by atoms with Gasteiger partial charge in [-0.15, -0.1) is 0 Å². The van der Waals surface area contributed by atoms with Crippen molar-refractivity contribution in [1.82, 2.24) is 14.9 Å². The largest absolute Gasteiger partial charge is 0.458 e. The molecule has 2 aliphatic heterocycles. The van der Waals surface area contributed by atoms with Crippen LogP contribution in [0.3, 0.4) is 0 Å². The van der Waals surface area contributed by atoms with Gasteiger partial charge < -0.3 is 9.64 Å². The van der Waals surface area contributed by atoms with Gasteiger partial charge >= 0.3 is 12.2 Å². The lowest BCUT2D eigenvalue weighted by Crippen LogP contribution is -2.39. The number of hydrogen-bond acceptors (Lipinski definition) is 4. The average Bonchev–Trinajstić information content (AvgIpc) is 3.21. The van der Waals surface area contributed by atoms with Crippen LogP contribution >= 0.6 is 15.9 Å². The highest BCUT2D eigenvalue weighted by molar-refractivity contribution is 9.10. The molecule has 2 saturated heterocycles. The van der Waals surface area contributed by atoms with Gasteiger partial charge in [0.2, 0.25) is 0 Å². The molecule has 0 aliphatic carbocycles. The van der Waals surface area contributed by atoms with Gasteiger partial charge in [0.25, 0.3) is 5.91 Å². The molecule has 4 rings (SSSR count). The van der Waals surface area contributed by atoms with Gasteiger partial charge in [0.15, 0.2) is 0 Å². The topological polar surface area (TPSA) is 55.3 Å². The molecule has 1 amide bonds. The van der Waals surface area contributed by atoms with Gasteiger partial charge in [-0.05, 0) is 40.9 Å². The Morgan fingerprint density at radius 3 is 2.61 bits per heavy atom. The number of halogens is 5. The molecule has 3 heterocycles. The van der Waals surface area contributed by atoms with Crippen LogP contribution in [0.4, 0.5) is 17.6 Å². The first-order chi connectivity index (χ1) is 13.3. The summed E-state index contributed by atoms with van der Waals surface area (Å²) in [5.74, 6) is -0.832. The van der Waals surface area contributed by atoms with Crippen molar-refractivity contribution in [2.24, 2.45) is 0 Å². The second-order valence-corrected chi connectivity index (χ2v) is 7.55. The van der Waals surface area contributed by atoms with Gasteiger partial charge in [0.05, 0.1) is 21.6 Å². The summed E-state index contributed by atoms with van der Waals surface area (Å²) in [4.78, 5) is 21.9. The van der Waals surface area contributed by atoms with E-state index < -0.39 is 23.7 Å². The molecule has 2 aromatic rings. The number of hydrogen-bond donors (Lipinski definition) is 0. The number of carbonyl (C=O) groups excluding carboxylic acids is 1. The first-order valence-corrected chi connectivity index (χ1v) is 9.37. The van der Waals surface area contributed by atoms with Crippen molar-refractivity contribution < 1.29 is 27.1 Å². The highest BCUT2D eigenvalue weighted by atomic mass is 79.9. The molecule has 148 valence electrons. The summed E-state index contributed by atoms with van der Waals surface area (Å²) in [6.45, 7) is 0. The second kappa shape index (κ2) is 6.98. The predicted octanol–water partition coefficient (Wildman–Crippen LogP) is 4.22. The third-order valence-corrected chi connectivity index (χ3v) is 5.91. The Bertz CT molecular complexity index is 907. The zero-order valence-corrected chi connectivity index (χ0v) is 15.9. The van der Waals surface area contributed by atoms with Crippen LogP contribution in [0.5, 0.6) is 6.01 Å². The fourth-order valence-electron chi connectivity index (χ4n) is 3.84. The predicted molar refractivity (Wildman–Crippen MR) is 93.1 cm³/mol. The Balaban J connectivity index is 1.51. The van der Waals surface area contributed by atoms with E-state index in [-0.39, 0.29) is 34.0 Å². The normalized spacial score (nSPS) is 23.9. The van der Waals surface area contributed by atoms with Crippen molar-refractivity contribution in [1.29, 1.82) is 0 Å². The quantitative estimate of drug-likeness (QED) is 0.644. The summed E-state index contributed by atoms with van der Waals surface area (Å²) in [6, 6.07) is 3.76. The molecule has 0 saturated carbocycles. The summed E-state index contributed by atoms with van der Waals surface area (Å²) >= 11 is 3.11. The lowest BCUT2D eigenvalue weighted by molar-refractivity contribution is -0.138. The smallest absolute Gasteiger partial charge is 0.419 e. The molecule has 5 nitrogen and oxygen atoms in total. The summed E-state index contributed by atoms with van der Waals surface area (Å²) < 4.78 is 57.4.